The second kappa shape index (κ2) is 4.81. The third-order valence-corrected chi connectivity index (χ3v) is 3.90. The van der Waals surface area contributed by atoms with E-state index in [0.29, 0.717) is 10.8 Å². The van der Waals surface area contributed by atoms with Crippen LogP contribution in [0.15, 0.2) is 24.3 Å². The average molecular weight is 301 g/mol. The molecule has 2 nitrogen and oxygen atoms in total. The zero-order chi connectivity index (χ0) is 14.3. The Balaban J connectivity index is 2.08. The second-order valence-electron chi connectivity index (χ2n) is 4.88. The van der Waals surface area contributed by atoms with Crippen LogP contribution in [0.25, 0.3) is 5.69 Å². The van der Waals surface area contributed by atoms with Crippen molar-refractivity contribution in [1.29, 1.82) is 0 Å². The van der Waals surface area contributed by atoms with Crippen molar-refractivity contribution in [3.63, 3.8) is 0 Å². The van der Waals surface area contributed by atoms with Gasteiger partial charge in [-0.2, -0.15) is 18.3 Å². The van der Waals surface area contributed by atoms with Gasteiger partial charge in [0, 0.05) is 5.56 Å². The van der Waals surface area contributed by atoms with Gasteiger partial charge in [-0.3, -0.25) is 0 Å². The van der Waals surface area contributed by atoms with Crippen LogP contribution in [-0.4, -0.2) is 9.78 Å². The van der Waals surface area contributed by atoms with E-state index in [2.05, 4.69) is 5.10 Å². The van der Waals surface area contributed by atoms with E-state index in [4.69, 9.17) is 11.6 Å². The quantitative estimate of drug-likeness (QED) is 0.762. The van der Waals surface area contributed by atoms with E-state index in [1.165, 1.54) is 10.7 Å². The summed E-state index contributed by atoms with van der Waals surface area (Å²) >= 11 is 6.26. The number of alkyl halides is 3. The summed E-state index contributed by atoms with van der Waals surface area (Å²) in [6.45, 7) is 0. The smallest absolute Gasteiger partial charge is 0.222 e. The first-order valence-electron chi connectivity index (χ1n) is 6.41. The molecule has 0 N–H and O–H groups in total. The standard InChI is InChI=1S/C14H12ClF3N2/c15-13-11-6-1-2-7-12(11)19-20(13)10-5-3-4-9(8-10)14(16,17)18/h3-5,8H,1-2,6-7H2. The molecule has 106 valence electrons. The van der Waals surface area contributed by atoms with Crippen molar-refractivity contribution in [2.45, 2.75) is 31.9 Å². The minimum Gasteiger partial charge on any atom is -0.222 e. The molecule has 0 bridgehead atoms. The minimum atomic E-state index is -4.37. The molecule has 20 heavy (non-hydrogen) atoms. The third kappa shape index (κ3) is 2.30. The van der Waals surface area contributed by atoms with E-state index in [-0.39, 0.29) is 0 Å². The normalized spacial score (nSPS) is 15.2. The molecular formula is C14H12ClF3N2. The molecule has 0 spiro atoms. The highest BCUT2D eigenvalue weighted by Crippen LogP contribution is 2.33. The topological polar surface area (TPSA) is 17.8 Å². The van der Waals surface area contributed by atoms with E-state index >= 15 is 0 Å². The van der Waals surface area contributed by atoms with E-state index in [9.17, 15) is 13.2 Å². The second-order valence-corrected chi connectivity index (χ2v) is 5.24. The number of aromatic nitrogens is 2. The molecule has 0 saturated carbocycles. The molecule has 0 aliphatic heterocycles. The van der Waals surface area contributed by atoms with Crippen molar-refractivity contribution in [2.75, 3.05) is 0 Å². The first-order chi connectivity index (χ1) is 9.47. The lowest BCUT2D eigenvalue weighted by atomic mass is 9.99. The zero-order valence-corrected chi connectivity index (χ0v) is 11.3. The summed E-state index contributed by atoms with van der Waals surface area (Å²) in [6.07, 6.45) is -0.604. The van der Waals surface area contributed by atoms with Crippen molar-refractivity contribution in [1.82, 2.24) is 9.78 Å². The van der Waals surface area contributed by atoms with Crippen LogP contribution in [-0.2, 0) is 19.0 Å². The van der Waals surface area contributed by atoms with Gasteiger partial charge in [-0.05, 0) is 43.9 Å². The number of nitrogens with zero attached hydrogens (tertiary/aromatic N) is 2. The molecule has 1 aromatic heterocycles. The molecule has 0 unspecified atom stereocenters. The van der Waals surface area contributed by atoms with Crippen LogP contribution in [0.3, 0.4) is 0 Å². The zero-order valence-electron chi connectivity index (χ0n) is 10.5. The molecule has 1 aromatic carbocycles. The van der Waals surface area contributed by atoms with Gasteiger partial charge in [0.2, 0.25) is 0 Å². The van der Waals surface area contributed by atoms with Crippen molar-refractivity contribution in [2.24, 2.45) is 0 Å². The molecule has 0 amide bonds. The summed E-state index contributed by atoms with van der Waals surface area (Å²) in [6, 6.07) is 5.07. The van der Waals surface area contributed by atoms with E-state index in [1.54, 1.807) is 6.07 Å². The Morgan fingerprint density at radius 1 is 1.15 bits per heavy atom. The molecular weight excluding hydrogens is 289 g/mol. The fourth-order valence-electron chi connectivity index (χ4n) is 2.50. The Kier molecular flexibility index (Phi) is 3.24. The molecule has 2 aromatic rings. The fourth-order valence-corrected chi connectivity index (χ4v) is 2.84. The maximum Gasteiger partial charge on any atom is 0.416 e. The Morgan fingerprint density at radius 3 is 2.60 bits per heavy atom. The third-order valence-electron chi connectivity index (χ3n) is 3.51. The van der Waals surface area contributed by atoms with Gasteiger partial charge in [0.25, 0.3) is 0 Å². The summed E-state index contributed by atoms with van der Waals surface area (Å²) in [5.74, 6) is 0. The number of benzene rings is 1. The number of fused-ring (bicyclic) bond motifs is 1. The van der Waals surface area contributed by atoms with Crippen LogP contribution in [0.1, 0.15) is 29.7 Å². The van der Waals surface area contributed by atoms with Crippen LogP contribution in [0.2, 0.25) is 5.15 Å². The van der Waals surface area contributed by atoms with Gasteiger partial charge in [-0.1, -0.05) is 17.7 Å². The first-order valence-corrected chi connectivity index (χ1v) is 6.78. The number of halogens is 4. The number of rotatable bonds is 1. The Hall–Kier alpha value is -1.49. The van der Waals surface area contributed by atoms with E-state index < -0.39 is 11.7 Å². The molecule has 3 rings (SSSR count). The predicted molar refractivity (Wildman–Crippen MR) is 70.2 cm³/mol. The summed E-state index contributed by atoms with van der Waals surface area (Å²) in [5, 5.41) is 4.79. The number of hydrogen-bond acceptors (Lipinski definition) is 1. The molecule has 1 heterocycles. The van der Waals surface area contributed by atoms with Gasteiger partial charge < -0.3 is 0 Å². The summed E-state index contributed by atoms with van der Waals surface area (Å²) < 4.78 is 39.7. The monoisotopic (exact) mass is 300 g/mol. The largest absolute Gasteiger partial charge is 0.416 e. The van der Waals surface area contributed by atoms with Crippen molar-refractivity contribution >= 4 is 11.6 Å². The SMILES string of the molecule is FC(F)(F)c1cccc(-n2nc3c(c2Cl)CCCC3)c1. The highest BCUT2D eigenvalue weighted by atomic mass is 35.5. The van der Waals surface area contributed by atoms with Crippen LogP contribution < -0.4 is 0 Å². The molecule has 1 aliphatic carbocycles. The maximum atomic E-state index is 12.7. The Morgan fingerprint density at radius 2 is 1.90 bits per heavy atom. The molecule has 6 heteroatoms. The van der Waals surface area contributed by atoms with Crippen molar-refractivity contribution < 1.29 is 13.2 Å². The van der Waals surface area contributed by atoms with Gasteiger partial charge in [-0.25, -0.2) is 4.68 Å². The highest BCUT2D eigenvalue weighted by molar-refractivity contribution is 6.30. The summed E-state index contributed by atoms with van der Waals surface area (Å²) in [5.41, 5.74) is 1.52. The Bertz CT molecular complexity index is 646. The molecule has 0 saturated heterocycles. The van der Waals surface area contributed by atoms with Crippen LogP contribution in [0, 0.1) is 0 Å². The van der Waals surface area contributed by atoms with Gasteiger partial charge in [0.15, 0.2) is 0 Å². The minimum absolute atomic E-state index is 0.347. The van der Waals surface area contributed by atoms with Gasteiger partial charge in [0.05, 0.1) is 16.9 Å². The number of aryl methyl sites for hydroxylation is 1. The first kappa shape index (κ1) is 13.5. The van der Waals surface area contributed by atoms with Crippen molar-refractivity contribution in [3.8, 4) is 5.69 Å². The summed E-state index contributed by atoms with van der Waals surface area (Å²) in [4.78, 5) is 0. The lowest BCUT2D eigenvalue weighted by Crippen LogP contribution is -2.06. The van der Waals surface area contributed by atoms with Crippen LogP contribution in [0.5, 0.6) is 0 Å². The van der Waals surface area contributed by atoms with Crippen molar-refractivity contribution in [3.05, 3.63) is 46.2 Å². The molecule has 1 aliphatic rings. The number of hydrogen-bond donors (Lipinski definition) is 0. The lowest BCUT2D eigenvalue weighted by Gasteiger charge is -2.09. The average Bonchev–Trinajstić information content (AvgIpc) is 2.76. The molecule has 0 fully saturated rings. The Labute approximate surface area is 119 Å². The maximum absolute atomic E-state index is 12.7. The van der Waals surface area contributed by atoms with Crippen LogP contribution >= 0.6 is 11.6 Å². The van der Waals surface area contributed by atoms with E-state index in [1.807, 2.05) is 0 Å². The molecule has 0 atom stereocenters. The lowest BCUT2D eigenvalue weighted by molar-refractivity contribution is -0.137. The van der Waals surface area contributed by atoms with Gasteiger partial charge >= 0.3 is 6.18 Å². The molecule has 0 radical (unpaired) electrons. The van der Waals surface area contributed by atoms with Gasteiger partial charge in [0.1, 0.15) is 5.15 Å². The highest BCUT2D eigenvalue weighted by Gasteiger charge is 2.31. The fraction of sp³-hybridized carbons (Fsp3) is 0.357. The van der Waals surface area contributed by atoms with E-state index in [0.717, 1.165) is 49.1 Å². The van der Waals surface area contributed by atoms with Gasteiger partial charge in [-0.15, -0.1) is 0 Å². The summed E-state index contributed by atoms with van der Waals surface area (Å²) in [7, 11) is 0. The van der Waals surface area contributed by atoms with Crippen LogP contribution in [0.4, 0.5) is 13.2 Å². The predicted octanol–water partition coefficient (Wildman–Crippen LogP) is 4.42.